The molecule has 3 aromatic rings. The lowest BCUT2D eigenvalue weighted by Crippen LogP contribution is -2.45. The van der Waals surface area contributed by atoms with E-state index in [-0.39, 0.29) is 0 Å². The number of rotatable bonds is 2. The minimum atomic E-state index is -0.405. The first kappa shape index (κ1) is 18.4. The summed E-state index contributed by atoms with van der Waals surface area (Å²) in [5, 5.41) is 1.66. The molecule has 5 nitrogen and oxygen atoms in total. The number of pyridine rings is 1. The number of nitrogens with zero attached hydrogens (tertiary/aromatic N) is 3. The Balaban J connectivity index is 1.48. The maximum absolute atomic E-state index is 7.13. The molecule has 2 aromatic carbocycles. The Bertz CT molecular complexity index is 1090. The summed E-state index contributed by atoms with van der Waals surface area (Å²) in [4.78, 5) is 10.5. The quantitative estimate of drug-likeness (QED) is 0.531. The maximum atomic E-state index is 7.13. The number of para-hydroxylation sites is 1. The maximum Gasteiger partial charge on any atom is 0.187 e. The molecule has 2 saturated heterocycles. The lowest BCUT2D eigenvalue weighted by atomic mass is 10.0. The first-order chi connectivity index (χ1) is 14.2. The van der Waals surface area contributed by atoms with Crippen LogP contribution < -0.4 is 4.90 Å². The van der Waals surface area contributed by atoms with Gasteiger partial charge in [0.05, 0.1) is 42.2 Å². The van der Waals surface area contributed by atoms with E-state index in [0.717, 1.165) is 58.7 Å². The molecular formula is C23H20ClN3O2. The summed E-state index contributed by atoms with van der Waals surface area (Å²) < 4.78 is 11.7. The van der Waals surface area contributed by atoms with Crippen LogP contribution in [0.4, 0.5) is 11.4 Å². The molecule has 2 aliphatic heterocycles. The number of piperidine rings is 1. The fraction of sp³-hybridized carbons (Fsp3) is 0.304. The zero-order valence-corrected chi connectivity index (χ0v) is 16.7. The van der Waals surface area contributed by atoms with Crippen LogP contribution in [0.15, 0.2) is 48.7 Å². The average molecular weight is 406 g/mol. The highest BCUT2D eigenvalue weighted by atomic mass is 35.5. The Morgan fingerprint density at radius 3 is 2.45 bits per heavy atom. The Labute approximate surface area is 174 Å². The van der Waals surface area contributed by atoms with Crippen molar-refractivity contribution < 1.29 is 9.47 Å². The van der Waals surface area contributed by atoms with Gasteiger partial charge in [-0.05, 0) is 5.56 Å². The minimum Gasteiger partial charge on any atom is -0.369 e. The van der Waals surface area contributed by atoms with Crippen molar-refractivity contribution in [3.05, 3.63) is 65.1 Å². The predicted molar refractivity (Wildman–Crippen MR) is 115 cm³/mol. The molecule has 146 valence electrons. The number of aromatic nitrogens is 1. The topological polar surface area (TPSA) is 39.0 Å². The van der Waals surface area contributed by atoms with Gasteiger partial charge in [0.15, 0.2) is 11.5 Å². The molecule has 6 heteroatoms. The molecule has 29 heavy (non-hydrogen) atoms. The van der Waals surface area contributed by atoms with Crippen LogP contribution in [0.1, 0.15) is 12.8 Å². The van der Waals surface area contributed by atoms with Crippen LogP contribution in [0.25, 0.3) is 26.9 Å². The molecule has 0 atom stereocenters. The Morgan fingerprint density at radius 1 is 1.03 bits per heavy atom. The second-order valence-corrected chi connectivity index (χ2v) is 7.79. The number of hydrogen-bond donors (Lipinski definition) is 0. The van der Waals surface area contributed by atoms with Crippen molar-refractivity contribution in [2.45, 2.75) is 18.6 Å². The second-order valence-electron chi connectivity index (χ2n) is 7.41. The molecule has 0 radical (unpaired) electrons. The predicted octanol–water partition coefficient (Wildman–Crippen LogP) is 5.45. The van der Waals surface area contributed by atoms with E-state index in [2.05, 4.69) is 9.74 Å². The van der Waals surface area contributed by atoms with Crippen LogP contribution in [-0.2, 0) is 9.47 Å². The molecule has 2 aliphatic rings. The van der Waals surface area contributed by atoms with Gasteiger partial charge in [-0.1, -0.05) is 54.1 Å². The van der Waals surface area contributed by atoms with Gasteiger partial charge >= 0.3 is 0 Å². The molecule has 0 bridgehead atoms. The van der Waals surface area contributed by atoms with Crippen molar-refractivity contribution in [1.29, 1.82) is 0 Å². The van der Waals surface area contributed by atoms with Gasteiger partial charge in [-0.2, -0.15) is 0 Å². The largest absolute Gasteiger partial charge is 0.369 e. The van der Waals surface area contributed by atoms with Gasteiger partial charge in [0, 0.05) is 36.9 Å². The van der Waals surface area contributed by atoms with E-state index in [1.165, 1.54) is 0 Å². The van der Waals surface area contributed by atoms with E-state index >= 15 is 0 Å². The second kappa shape index (κ2) is 7.31. The van der Waals surface area contributed by atoms with Crippen LogP contribution in [0.2, 0.25) is 5.02 Å². The smallest absolute Gasteiger partial charge is 0.187 e. The van der Waals surface area contributed by atoms with Crippen molar-refractivity contribution in [3.8, 4) is 11.1 Å². The molecule has 0 aliphatic carbocycles. The Kier molecular flexibility index (Phi) is 4.63. The third-order valence-corrected chi connectivity index (χ3v) is 6.20. The summed E-state index contributed by atoms with van der Waals surface area (Å²) in [5.74, 6) is -0.405. The van der Waals surface area contributed by atoms with E-state index in [9.17, 15) is 0 Å². The number of halogens is 1. The van der Waals surface area contributed by atoms with Gasteiger partial charge in [0.2, 0.25) is 0 Å². The van der Waals surface area contributed by atoms with E-state index in [4.69, 9.17) is 32.6 Å². The normalized spacial score (nSPS) is 18.3. The van der Waals surface area contributed by atoms with Gasteiger partial charge in [-0.3, -0.25) is 4.98 Å². The number of anilines is 1. The lowest BCUT2D eigenvalue weighted by molar-refractivity contribution is -0.169. The van der Waals surface area contributed by atoms with E-state index in [1.807, 2.05) is 48.7 Å². The molecular weight excluding hydrogens is 386 g/mol. The zero-order valence-electron chi connectivity index (χ0n) is 15.9. The molecule has 0 amide bonds. The van der Waals surface area contributed by atoms with Gasteiger partial charge in [0.25, 0.3) is 0 Å². The Morgan fingerprint density at radius 2 is 1.76 bits per heavy atom. The zero-order chi connectivity index (χ0) is 19.8. The van der Waals surface area contributed by atoms with Crippen molar-refractivity contribution in [2.24, 2.45) is 0 Å². The summed E-state index contributed by atoms with van der Waals surface area (Å²) in [5.41, 5.74) is 4.48. The van der Waals surface area contributed by atoms with E-state index < -0.39 is 5.79 Å². The van der Waals surface area contributed by atoms with Gasteiger partial charge in [-0.25, -0.2) is 4.85 Å². The third-order valence-electron chi connectivity index (χ3n) is 5.80. The molecule has 0 N–H and O–H groups in total. The summed E-state index contributed by atoms with van der Waals surface area (Å²) in [6, 6.07) is 13.6. The summed E-state index contributed by atoms with van der Waals surface area (Å²) in [6.45, 7) is 10.1. The highest BCUT2D eigenvalue weighted by molar-refractivity contribution is 6.38. The van der Waals surface area contributed by atoms with Gasteiger partial charge < -0.3 is 14.4 Å². The summed E-state index contributed by atoms with van der Waals surface area (Å²) in [7, 11) is 0. The van der Waals surface area contributed by atoms with Crippen LogP contribution in [0.3, 0.4) is 0 Å². The number of hydrogen-bond acceptors (Lipinski definition) is 4. The van der Waals surface area contributed by atoms with Crippen LogP contribution in [0, 0.1) is 6.57 Å². The molecule has 1 spiro atoms. The van der Waals surface area contributed by atoms with Crippen molar-refractivity contribution >= 4 is 33.9 Å². The molecule has 0 unspecified atom stereocenters. The number of fused-ring (bicyclic) bond motifs is 1. The molecule has 1 aromatic heterocycles. The SMILES string of the molecule is [C-]#[N+]c1ccc(-c2cccc3c(Cl)c(N4CCC5(CC4)OCCO5)cnc23)cc1. The average Bonchev–Trinajstić information content (AvgIpc) is 3.23. The van der Waals surface area contributed by atoms with Gasteiger partial charge in [0.1, 0.15) is 0 Å². The van der Waals surface area contributed by atoms with Crippen molar-refractivity contribution in [1.82, 2.24) is 4.98 Å². The van der Waals surface area contributed by atoms with Crippen LogP contribution >= 0.6 is 11.6 Å². The number of ether oxygens (including phenoxy) is 2. The minimum absolute atomic E-state index is 0.405. The lowest BCUT2D eigenvalue weighted by Gasteiger charge is -2.38. The monoisotopic (exact) mass is 405 g/mol. The van der Waals surface area contributed by atoms with Crippen molar-refractivity contribution in [2.75, 3.05) is 31.2 Å². The standard InChI is InChI=1S/C23H20ClN3O2/c1-25-17-7-5-16(6-8-17)18-3-2-4-19-21(24)20(15-26-22(18)19)27-11-9-23(10-12-27)28-13-14-29-23/h2-8,15H,9-14H2. The summed E-state index contributed by atoms with van der Waals surface area (Å²) in [6.07, 6.45) is 3.53. The van der Waals surface area contributed by atoms with Crippen molar-refractivity contribution in [3.63, 3.8) is 0 Å². The fourth-order valence-corrected chi connectivity index (χ4v) is 4.54. The first-order valence-corrected chi connectivity index (χ1v) is 10.1. The third kappa shape index (κ3) is 3.24. The van der Waals surface area contributed by atoms with E-state index in [0.29, 0.717) is 18.9 Å². The molecule has 0 saturated carbocycles. The molecule has 5 rings (SSSR count). The molecule has 3 heterocycles. The van der Waals surface area contributed by atoms with Crippen LogP contribution in [0.5, 0.6) is 0 Å². The summed E-state index contributed by atoms with van der Waals surface area (Å²) >= 11 is 6.85. The highest BCUT2D eigenvalue weighted by Crippen LogP contribution is 2.39. The van der Waals surface area contributed by atoms with Gasteiger partial charge in [-0.15, -0.1) is 0 Å². The number of benzene rings is 2. The van der Waals surface area contributed by atoms with Crippen LogP contribution in [-0.4, -0.2) is 37.1 Å². The first-order valence-electron chi connectivity index (χ1n) is 9.77. The van der Waals surface area contributed by atoms with E-state index in [1.54, 1.807) is 0 Å². The molecule has 2 fully saturated rings. The Hall–Kier alpha value is -2.65. The fourth-order valence-electron chi connectivity index (χ4n) is 4.22. The highest BCUT2D eigenvalue weighted by Gasteiger charge is 2.40.